The summed E-state index contributed by atoms with van der Waals surface area (Å²) in [5.74, 6) is 3.25. The molecule has 0 bridgehead atoms. The zero-order chi connectivity index (χ0) is 25.5. The normalized spacial score (nSPS) is 12.6. The van der Waals surface area contributed by atoms with Gasteiger partial charge in [-0.3, -0.25) is 4.90 Å². The van der Waals surface area contributed by atoms with Gasteiger partial charge in [-0.25, -0.2) is 9.97 Å². The van der Waals surface area contributed by atoms with E-state index in [-0.39, 0.29) is 0 Å². The molecule has 4 aromatic rings. The van der Waals surface area contributed by atoms with E-state index in [0.29, 0.717) is 25.6 Å². The van der Waals surface area contributed by atoms with Crippen LogP contribution in [0.3, 0.4) is 0 Å². The smallest absolute Gasteiger partial charge is 0.213 e. The molecule has 7 nitrogen and oxygen atoms in total. The molecule has 0 fully saturated rings. The lowest BCUT2D eigenvalue weighted by molar-refractivity contribution is 0.170. The van der Waals surface area contributed by atoms with Gasteiger partial charge in [-0.1, -0.05) is 55.8 Å². The highest BCUT2D eigenvalue weighted by Gasteiger charge is 2.18. The van der Waals surface area contributed by atoms with Crippen LogP contribution in [0.1, 0.15) is 36.7 Å². The van der Waals surface area contributed by atoms with Crippen LogP contribution >= 0.6 is 0 Å². The van der Waals surface area contributed by atoms with E-state index >= 15 is 0 Å². The van der Waals surface area contributed by atoms with E-state index < -0.39 is 0 Å². The van der Waals surface area contributed by atoms with Crippen LogP contribution in [0.2, 0.25) is 0 Å². The fraction of sp³-hybridized carbons (Fsp3) is 0.333. The quantitative estimate of drug-likeness (QED) is 0.263. The van der Waals surface area contributed by atoms with E-state index in [1.54, 1.807) is 7.11 Å². The Morgan fingerprint density at radius 2 is 1.76 bits per heavy atom. The number of ether oxygens (including phenoxy) is 3. The van der Waals surface area contributed by atoms with Gasteiger partial charge in [0.15, 0.2) is 11.5 Å². The number of hydrogen-bond acceptors (Lipinski definition) is 6. The van der Waals surface area contributed by atoms with Crippen molar-refractivity contribution in [3.05, 3.63) is 89.9 Å². The second-order valence-corrected chi connectivity index (χ2v) is 9.24. The van der Waals surface area contributed by atoms with Gasteiger partial charge in [-0.2, -0.15) is 0 Å². The lowest BCUT2D eigenvalue weighted by Crippen LogP contribution is -2.25. The topological polar surface area (TPSA) is 61.6 Å². The molecule has 5 rings (SSSR count). The molecule has 192 valence electrons. The lowest BCUT2D eigenvalue weighted by atomic mass is 10.1. The number of imidazole rings is 1. The number of rotatable bonds is 11. The first-order valence-corrected chi connectivity index (χ1v) is 12.9. The van der Waals surface area contributed by atoms with Gasteiger partial charge < -0.3 is 18.8 Å². The third-order valence-corrected chi connectivity index (χ3v) is 6.48. The van der Waals surface area contributed by atoms with Crippen molar-refractivity contribution in [2.24, 2.45) is 0 Å². The average molecular weight is 499 g/mol. The summed E-state index contributed by atoms with van der Waals surface area (Å²) in [5.41, 5.74) is 4.44. The number of benzene rings is 2. The summed E-state index contributed by atoms with van der Waals surface area (Å²) >= 11 is 0. The summed E-state index contributed by atoms with van der Waals surface area (Å²) in [6, 6.07) is 22.5. The predicted molar refractivity (Wildman–Crippen MR) is 144 cm³/mol. The molecule has 0 atom stereocenters. The molecule has 0 saturated heterocycles. The molecule has 0 amide bonds. The second-order valence-electron chi connectivity index (χ2n) is 9.24. The minimum atomic E-state index is 0.576. The Morgan fingerprint density at radius 3 is 2.57 bits per heavy atom. The van der Waals surface area contributed by atoms with Crippen LogP contribution in [-0.4, -0.2) is 39.8 Å². The van der Waals surface area contributed by atoms with E-state index in [2.05, 4.69) is 57.8 Å². The van der Waals surface area contributed by atoms with Crippen LogP contribution in [0.5, 0.6) is 17.4 Å². The maximum Gasteiger partial charge on any atom is 0.213 e. The minimum Gasteiger partial charge on any atom is -0.486 e. The molecule has 0 radical (unpaired) electrons. The number of unbranched alkanes of at least 4 members (excludes halogenated alkanes) is 1. The molecule has 1 aliphatic heterocycles. The number of pyridine rings is 1. The maximum absolute atomic E-state index is 5.84. The van der Waals surface area contributed by atoms with Gasteiger partial charge in [-0.05, 0) is 30.2 Å². The van der Waals surface area contributed by atoms with Crippen LogP contribution in [0, 0.1) is 0 Å². The van der Waals surface area contributed by atoms with Crippen LogP contribution in [0.25, 0.3) is 11.4 Å². The number of nitrogens with zero attached hydrogens (tertiary/aromatic N) is 4. The summed E-state index contributed by atoms with van der Waals surface area (Å²) < 4.78 is 19.3. The van der Waals surface area contributed by atoms with Gasteiger partial charge in [0.1, 0.15) is 19.0 Å². The zero-order valence-electron chi connectivity index (χ0n) is 21.6. The third kappa shape index (κ3) is 6.12. The van der Waals surface area contributed by atoms with Crippen molar-refractivity contribution in [2.75, 3.05) is 20.3 Å². The highest BCUT2D eigenvalue weighted by Crippen LogP contribution is 2.31. The maximum atomic E-state index is 5.84. The van der Waals surface area contributed by atoms with Gasteiger partial charge in [0, 0.05) is 37.8 Å². The van der Waals surface area contributed by atoms with Crippen molar-refractivity contribution >= 4 is 0 Å². The fourth-order valence-corrected chi connectivity index (χ4v) is 4.65. The number of hydrogen-bond donors (Lipinski definition) is 0. The molecule has 7 heteroatoms. The Hall–Kier alpha value is -3.84. The zero-order valence-corrected chi connectivity index (χ0v) is 21.6. The number of methoxy groups -OCH3 is 1. The Labute approximate surface area is 218 Å². The Bertz CT molecular complexity index is 1310. The van der Waals surface area contributed by atoms with Crippen molar-refractivity contribution in [3.63, 3.8) is 0 Å². The molecule has 0 N–H and O–H groups in total. The first-order valence-electron chi connectivity index (χ1n) is 12.9. The second kappa shape index (κ2) is 11.9. The van der Waals surface area contributed by atoms with Gasteiger partial charge in [-0.15, -0.1) is 0 Å². The molecule has 0 aliphatic carbocycles. The standard InChI is InChI=1S/C30H34N4O3/c1-3-4-15-34-26(19-31-30(34)24-9-6-5-7-10-24)22-33(21-25-11-8-12-29(32-25)35-2)20-23-13-14-27-28(18-23)37-17-16-36-27/h5-14,18-19H,3-4,15-17,20-22H2,1-2H3. The summed E-state index contributed by atoms with van der Waals surface area (Å²) in [6.07, 6.45) is 4.25. The molecule has 0 unspecified atom stereocenters. The molecular formula is C30H34N4O3. The Balaban J connectivity index is 1.45. The molecule has 0 spiro atoms. The summed E-state index contributed by atoms with van der Waals surface area (Å²) in [4.78, 5) is 11.9. The van der Waals surface area contributed by atoms with Gasteiger partial charge in [0.2, 0.25) is 5.88 Å². The molecule has 0 saturated carbocycles. The van der Waals surface area contributed by atoms with Crippen LogP contribution in [-0.2, 0) is 26.2 Å². The summed E-state index contributed by atoms with van der Waals surface area (Å²) in [6.45, 7) is 6.46. The van der Waals surface area contributed by atoms with Crippen molar-refractivity contribution in [1.82, 2.24) is 19.4 Å². The molecule has 37 heavy (non-hydrogen) atoms. The predicted octanol–water partition coefficient (Wildman–Crippen LogP) is 5.73. The average Bonchev–Trinajstić information content (AvgIpc) is 3.34. The van der Waals surface area contributed by atoms with Crippen molar-refractivity contribution in [1.29, 1.82) is 0 Å². The summed E-state index contributed by atoms with van der Waals surface area (Å²) in [7, 11) is 1.65. The molecule has 2 aromatic heterocycles. The first kappa shape index (κ1) is 24.8. The fourth-order valence-electron chi connectivity index (χ4n) is 4.65. The largest absolute Gasteiger partial charge is 0.486 e. The lowest BCUT2D eigenvalue weighted by Gasteiger charge is -2.25. The SMILES string of the molecule is CCCCn1c(CN(Cc2ccc3c(c2)OCCO3)Cc2cccc(OC)n2)cnc1-c1ccccc1. The van der Waals surface area contributed by atoms with Gasteiger partial charge >= 0.3 is 0 Å². The van der Waals surface area contributed by atoms with Crippen molar-refractivity contribution in [3.8, 4) is 28.8 Å². The number of aromatic nitrogens is 3. The van der Waals surface area contributed by atoms with E-state index in [9.17, 15) is 0 Å². The number of fused-ring (bicyclic) bond motifs is 1. The Morgan fingerprint density at radius 1 is 0.919 bits per heavy atom. The van der Waals surface area contributed by atoms with Gasteiger partial charge in [0.25, 0.3) is 0 Å². The highest BCUT2D eigenvalue weighted by atomic mass is 16.6. The monoisotopic (exact) mass is 498 g/mol. The van der Waals surface area contributed by atoms with E-state index in [0.717, 1.165) is 66.6 Å². The van der Waals surface area contributed by atoms with Crippen LogP contribution < -0.4 is 14.2 Å². The highest BCUT2D eigenvalue weighted by molar-refractivity contribution is 5.56. The van der Waals surface area contributed by atoms with Crippen molar-refractivity contribution in [2.45, 2.75) is 45.9 Å². The summed E-state index contributed by atoms with van der Waals surface area (Å²) in [5, 5.41) is 0. The van der Waals surface area contributed by atoms with E-state index in [4.69, 9.17) is 19.2 Å². The molecule has 1 aliphatic rings. The first-order chi connectivity index (χ1) is 18.2. The van der Waals surface area contributed by atoms with Gasteiger partial charge in [0.05, 0.1) is 24.7 Å². The molecular weight excluding hydrogens is 464 g/mol. The van der Waals surface area contributed by atoms with Crippen LogP contribution in [0.15, 0.2) is 72.9 Å². The van der Waals surface area contributed by atoms with E-state index in [1.807, 2.05) is 36.5 Å². The van der Waals surface area contributed by atoms with E-state index in [1.165, 1.54) is 5.69 Å². The van der Waals surface area contributed by atoms with Crippen molar-refractivity contribution < 1.29 is 14.2 Å². The third-order valence-electron chi connectivity index (χ3n) is 6.48. The molecule has 2 aromatic carbocycles. The Kier molecular flexibility index (Phi) is 8.01. The molecule has 3 heterocycles. The van der Waals surface area contributed by atoms with Crippen LogP contribution in [0.4, 0.5) is 0 Å². The minimum absolute atomic E-state index is 0.576.